The maximum Gasteiger partial charge on any atom is 0.261 e. The number of carbonyl (C=O) groups is 1. The minimum Gasteiger partial charge on any atom is -0.347 e. The predicted octanol–water partition coefficient (Wildman–Crippen LogP) is 2.51. The molecule has 1 fully saturated rings. The first-order valence-electron chi connectivity index (χ1n) is 6.01. The average molecular weight is 302 g/mol. The molecule has 6 heteroatoms. The summed E-state index contributed by atoms with van der Waals surface area (Å²) in [6, 6.07) is 2.82. The Labute approximate surface area is 117 Å². The molecule has 0 aliphatic heterocycles. The first kappa shape index (κ1) is 14.3. The topological polar surface area (TPSA) is 63.2 Å². The van der Waals surface area contributed by atoms with Crippen molar-refractivity contribution < 1.29 is 13.2 Å². The number of carbonyl (C=O) groups excluding carboxylic acids is 1. The van der Waals surface area contributed by atoms with Crippen molar-refractivity contribution in [3.8, 4) is 0 Å². The van der Waals surface area contributed by atoms with E-state index in [0.29, 0.717) is 5.56 Å². The van der Waals surface area contributed by atoms with E-state index < -0.39 is 9.05 Å². The maximum absolute atomic E-state index is 12.2. The van der Waals surface area contributed by atoms with Crippen LogP contribution in [0.25, 0.3) is 0 Å². The van der Waals surface area contributed by atoms with Gasteiger partial charge in [0.2, 0.25) is 0 Å². The molecule has 2 rings (SSSR count). The minimum atomic E-state index is -3.83. The lowest BCUT2D eigenvalue weighted by Crippen LogP contribution is -2.34. The minimum absolute atomic E-state index is 0.0385. The van der Waals surface area contributed by atoms with Crippen molar-refractivity contribution >= 4 is 25.6 Å². The van der Waals surface area contributed by atoms with Gasteiger partial charge in [-0.2, -0.15) is 0 Å². The molecule has 104 valence electrons. The third kappa shape index (κ3) is 3.09. The zero-order chi connectivity index (χ0) is 14.4. The Kier molecular flexibility index (Phi) is 3.39. The van der Waals surface area contributed by atoms with Crippen LogP contribution in [-0.2, 0) is 9.05 Å². The second kappa shape index (κ2) is 4.49. The van der Waals surface area contributed by atoms with Crippen molar-refractivity contribution in [2.24, 2.45) is 0 Å². The van der Waals surface area contributed by atoms with Crippen molar-refractivity contribution in [2.75, 3.05) is 0 Å². The van der Waals surface area contributed by atoms with Crippen LogP contribution in [0.1, 0.15) is 41.3 Å². The highest BCUT2D eigenvalue weighted by Gasteiger charge is 2.39. The van der Waals surface area contributed by atoms with Crippen molar-refractivity contribution in [1.82, 2.24) is 5.32 Å². The molecule has 0 saturated heterocycles. The van der Waals surface area contributed by atoms with Crippen LogP contribution in [0.15, 0.2) is 17.0 Å². The molecule has 1 aromatic rings. The Morgan fingerprint density at radius 1 is 1.32 bits per heavy atom. The first-order chi connectivity index (χ1) is 8.62. The summed E-state index contributed by atoms with van der Waals surface area (Å²) < 4.78 is 22.8. The summed E-state index contributed by atoms with van der Waals surface area (Å²) in [6.07, 6.45) is 1.90. The molecular weight excluding hydrogens is 286 g/mol. The molecule has 4 nitrogen and oxygen atoms in total. The number of hydrogen-bond donors (Lipinski definition) is 1. The number of hydrogen-bond acceptors (Lipinski definition) is 3. The van der Waals surface area contributed by atoms with Crippen LogP contribution in [0.4, 0.5) is 0 Å². The Hall–Kier alpha value is -1.07. The number of benzene rings is 1. The number of amides is 1. The lowest BCUT2D eigenvalue weighted by molar-refractivity contribution is 0.0934. The van der Waals surface area contributed by atoms with Crippen LogP contribution < -0.4 is 5.32 Å². The Bertz CT molecular complexity index is 648. The molecule has 0 aromatic heterocycles. The molecule has 0 spiro atoms. The Balaban J connectivity index is 2.44. The number of halogens is 1. The molecule has 0 bridgehead atoms. The summed E-state index contributed by atoms with van der Waals surface area (Å²) in [5, 5.41) is 2.92. The highest BCUT2D eigenvalue weighted by molar-refractivity contribution is 8.13. The van der Waals surface area contributed by atoms with Crippen molar-refractivity contribution in [3.63, 3.8) is 0 Å². The van der Waals surface area contributed by atoms with Crippen LogP contribution in [0, 0.1) is 13.8 Å². The fraction of sp³-hybridized carbons (Fsp3) is 0.462. The molecule has 0 radical (unpaired) electrons. The third-order valence-electron chi connectivity index (χ3n) is 3.58. The highest BCUT2D eigenvalue weighted by Crippen LogP contribution is 2.35. The van der Waals surface area contributed by atoms with Crippen LogP contribution in [-0.4, -0.2) is 19.9 Å². The second-order valence-corrected chi connectivity index (χ2v) is 7.93. The van der Waals surface area contributed by atoms with E-state index in [4.69, 9.17) is 10.7 Å². The van der Waals surface area contributed by atoms with Gasteiger partial charge in [-0.25, -0.2) is 8.42 Å². The van der Waals surface area contributed by atoms with E-state index in [0.717, 1.165) is 24.0 Å². The van der Waals surface area contributed by atoms with Gasteiger partial charge in [-0.1, -0.05) is 0 Å². The largest absolute Gasteiger partial charge is 0.347 e. The van der Waals surface area contributed by atoms with E-state index in [1.54, 1.807) is 13.8 Å². The molecule has 1 aliphatic carbocycles. The SMILES string of the molecule is Cc1cc(S(=O)(=O)Cl)cc(C(=O)NC2(C)CC2)c1C. The van der Waals surface area contributed by atoms with Crippen LogP contribution in [0.3, 0.4) is 0 Å². The van der Waals surface area contributed by atoms with Gasteiger partial charge in [0, 0.05) is 21.8 Å². The van der Waals surface area contributed by atoms with Gasteiger partial charge in [0.1, 0.15) is 0 Å². The van der Waals surface area contributed by atoms with E-state index in [-0.39, 0.29) is 16.3 Å². The standard InChI is InChI=1S/C13H16ClNO3S/c1-8-6-10(19(14,17)18)7-11(9(8)2)12(16)15-13(3)4-5-13/h6-7H,4-5H2,1-3H3,(H,15,16). The van der Waals surface area contributed by atoms with Crippen LogP contribution >= 0.6 is 10.7 Å². The maximum atomic E-state index is 12.2. The molecule has 0 unspecified atom stereocenters. The van der Waals surface area contributed by atoms with Crippen molar-refractivity contribution in [1.29, 1.82) is 0 Å². The van der Waals surface area contributed by atoms with E-state index in [1.807, 2.05) is 6.92 Å². The first-order valence-corrected chi connectivity index (χ1v) is 8.32. The van der Waals surface area contributed by atoms with E-state index >= 15 is 0 Å². The summed E-state index contributed by atoms with van der Waals surface area (Å²) >= 11 is 0. The fourth-order valence-corrected chi connectivity index (χ4v) is 2.70. The monoisotopic (exact) mass is 301 g/mol. The highest BCUT2D eigenvalue weighted by atomic mass is 35.7. The molecule has 19 heavy (non-hydrogen) atoms. The Morgan fingerprint density at radius 3 is 2.37 bits per heavy atom. The lowest BCUT2D eigenvalue weighted by atomic mass is 10.0. The second-order valence-electron chi connectivity index (χ2n) is 5.37. The molecule has 0 heterocycles. The number of nitrogens with one attached hydrogen (secondary N) is 1. The fourth-order valence-electron chi connectivity index (χ4n) is 1.86. The molecule has 1 N–H and O–H groups in total. The molecule has 1 saturated carbocycles. The molecule has 1 amide bonds. The normalized spacial score (nSPS) is 17.1. The molecule has 0 atom stereocenters. The molecular formula is C13H16ClNO3S. The average Bonchev–Trinajstić information content (AvgIpc) is 2.98. The molecule has 1 aliphatic rings. The van der Waals surface area contributed by atoms with Gasteiger partial charge in [-0.15, -0.1) is 0 Å². The van der Waals surface area contributed by atoms with Gasteiger partial charge in [-0.05, 0) is 56.9 Å². The zero-order valence-electron chi connectivity index (χ0n) is 11.1. The van der Waals surface area contributed by atoms with Gasteiger partial charge in [0.25, 0.3) is 15.0 Å². The lowest BCUT2D eigenvalue weighted by Gasteiger charge is -2.15. The van der Waals surface area contributed by atoms with Crippen molar-refractivity contribution in [2.45, 2.75) is 44.0 Å². The van der Waals surface area contributed by atoms with Gasteiger partial charge in [-0.3, -0.25) is 4.79 Å². The zero-order valence-corrected chi connectivity index (χ0v) is 12.7. The predicted molar refractivity (Wildman–Crippen MR) is 74.1 cm³/mol. The van der Waals surface area contributed by atoms with Gasteiger partial charge >= 0.3 is 0 Å². The van der Waals surface area contributed by atoms with E-state index in [1.165, 1.54) is 12.1 Å². The summed E-state index contributed by atoms with van der Waals surface area (Å²) in [5.41, 5.74) is 1.72. The summed E-state index contributed by atoms with van der Waals surface area (Å²) in [6.45, 7) is 5.52. The Morgan fingerprint density at radius 2 is 1.89 bits per heavy atom. The number of rotatable bonds is 3. The quantitative estimate of drug-likeness (QED) is 0.873. The van der Waals surface area contributed by atoms with Crippen LogP contribution in [0.2, 0.25) is 0 Å². The van der Waals surface area contributed by atoms with Crippen molar-refractivity contribution in [3.05, 3.63) is 28.8 Å². The van der Waals surface area contributed by atoms with Gasteiger partial charge in [0.15, 0.2) is 0 Å². The third-order valence-corrected chi connectivity index (χ3v) is 4.92. The molecule has 1 aromatic carbocycles. The van der Waals surface area contributed by atoms with Gasteiger partial charge in [0.05, 0.1) is 4.90 Å². The van der Waals surface area contributed by atoms with E-state index in [9.17, 15) is 13.2 Å². The number of aryl methyl sites for hydroxylation is 1. The summed E-state index contributed by atoms with van der Waals surface area (Å²) in [4.78, 5) is 12.2. The summed E-state index contributed by atoms with van der Waals surface area (Å²) in [5.74, 6) is -0.247. The smallest absolute Gasteiger partial charge is 0.261 e. The summed E-state index contributed by atoms with van der Waals surface area (Å²) in [7, 11) is 1.51. The van der Waals surface area contributed by atoms with E-state index in [2.05, 4.69) is 5.32 Å². The van der Waals surface area contributed by atoms with Crippen LogP contribution in [0.5, 0.6) is 0 Å². The van der Waals surface area contributed by atoms with Gasteiger partial charge < -0.3 is 5.32 Å².